The molecule has 1 heterocycles. The van der Waals surface area contributed by atoms with Gasteiger partial charge < -0.3 is 10.6 Å². The van der Waals surface area contributed by atoms with Crippen LogP contribution in [-0.4, -0.2) is 29.9 Å². The predicted octanol–water partition coefficient (Wildman–Crippen LogP) is 2.47. The van der Waals surface area contributed by atoms with Gasteiger partial charge in [0.1, 0.15) is 5.54 Å². The van der Waals surface area contributed by atoms with Gasteiger partial charge in [0.15, 0.2) is 0 Å². The third-order valence-corrected chi connectivity index (χ3v) is 6.23. The number of carbonyl (C=O) groups excluding carboxylic acids is 3. The molecule has 1 aromatic carbocycles. The molecule has 156 valence electrons. The smallest absolute Gasteiger partial charge is 0.322 e. The van der Waals surface area contributed by atoms with Crippen LogP contribution in [0.3, 0.4) is 0 Å². The van der Waals surface area contributed by atoms with Crippen LogP contribution < -0.4 is 16.0 Å². The van der Waals surface area contributed by atoms with E-state index in [2.05, 4.69) is 16.0 Å². The Bertz CT molecular complexity index is 829. The summed E-state index contributed by atoms with van der Waals surface area (Å²) in [4.78, 5) is 36.9. The minimum absolute atomic E-state index is 0.0388. The molecule has 1 unspecified atom stereocenters. The number of nitrogens with one attached hydrogen (secondary N) is 3. The van der Waals surface area contributed by atoms with Crippen molar-refractivity contribution in [1.82, 2.24) is 16.0 Å². The average Bonchev–Trinajstić information content (AvgIpc) is 3.55. The second kappa shape index (κ2) is 7.07. The number of halogens is 2. The van der Waals surface area contributed by atoms with Crippen molar-refractivity contribution < 1.29 is 23.2 Å². The summed E-state index contributed by atoms with van der Waals surface area (Å²) in [5.74, 6) is -3.42. The molecule has 0 spiro atoms. The Kier molecular flexibility index (Phi) is 4.83. The first-order valence-electron chi connectivity index (χ1n) is 10.1. The van der Waals surface area contributed by atoms with Gasteiger partial charge in [-0.1, -0.05) is 24.3 Å². The first-order chi connectivity index (χ1) is 13.7. The maximum atomic E-state index is 13.4. The van der Waals surface area contributed by atoms with Gasteiger partial charge in [0.25, 0.3) is 11.8 Å². The molecule has 1 aromatic rings. The second-order valence-corrected chi connectivity index (χ2v) is 8.61. The Morgan fingerprint density at radius 1 is 1.21 bits per heavy atom. The maximum absolute atomic E-state index is 13.4. The fraction of sp³-hybridized carbons (Fsp3) is 0.571. The molecule has 2 atom stereocenters. The van der Waals surface area contributed by atoms with E-state index in [0.29, 0.717) is 6.42 Å². The quantitative estimate of drug-likeness (QED) is 0.581. The van der Waals surface area contributed by atoms with E-state index in [9.17, 15) is 23.2 Å². The number of urea groups is 1. The average molecular weight is 405 g/mol. The Hall–Kier alpha value is -2.51. The normalized spacial score (nSPS) is 25.3. The molecule has 6 nitrogen and oxygen atoms in total. The highest BCUT2D eigenvalue weighted by Gasteiger charge is 2.56. The van der Waals surface area contributed by atoms with Crippen LogP contribution in [0.5, 0.6) is 0 Å². The van der Waals surface area contributed by atoms with Crippen LogP contribution in [0.25, 0.3) is 0 Å². The summed E-state index contributed by atoms with van der Waals surface area (Å²) in [7, 11) is 0. The van der Waals surface area contributed by atoms with Crippen LogP contribution in [-0.2, 0) is 21.9 Å². The molecule has 2 saturated carbocycles. The summed E-state index contributed by atoms with van der Waals surface area (Å²) in [6.45, 7) is 0.925. The molecule has 3 aliphatic rings. The van der Waals surface area contributed by atoms with Crippen molar-refractivity contribution in [3.05, 3.63) is 35.4 Å². The number of hydrogen-bond acceptors (Lipinski definition) is 3. The highest BCUT2D eigenvalue weighted by molar-refractivity contribution is 6.07. The summed E-state index contributed by atoms with van der Waals surface area (Å²) in [5.41, 5.74) is -0.285. The van der Waals surface area contributed by atoms with E-state index in [4.69, 9.17) is 0 Å². The van der Waals surface area contributed by atoms with Crippen molar-refractivity contribution in [2.75, 3.05) is 6.54 Å². The summed E-state index contributed by atoms with van der Waals surface area (Å²) in [5, 5.41) is 7.86. The highest BCUT2D eigenvalue weighted by atomic mass is 19.3. The van der Waals surface area contributed by atoms with Crippen LogP contribution in [0.1, 0.15) is 43.7 Å². The van der Waals surface area contributed by atoms with E-state index in [0.717, 1.165) is 38.2 Å². The van der Waals surface area contributed by atoms with E-state index in [1.807, 2.05) is 0 Å². The molecule has 0 aromatic heterocycles. The van der Waals surface area contributed by atoms with E-state index < -0.39 is 17.5 Å². The zero-order chi connectivity index (χ0) is 20.8. The van der Waals surface area contributed by atoms with Crippen molar-refractivity contribution in [3.8, 4) is 0 Å². The summed E-state index contributed by atoms with van der Waals surface area (Å²) < 4.78 is 26.8. The summed E-state index contributed by atoms with van der Waals surface area (Å²) >= 11 is 0. The first kappa shape index (κ1) is 19.8. The van der Waals surface area contributed by atoms with Crippen LogP contribution in [0.4, 0.5) is 13.6 Å². The lowest BCUT2D eigenvalue weighted by Gasteiger charge is -2.27. The van der Waals surface area contributed by atoms with Crippen molar-refractivity contribution in [2.45, 2.75) is 50.5 Å². The van der Waals surface area contributed by atoms with Gasteiger partial charge in [0.05, 0.1) is 6.54 Å². The number of hydrogen-bond donors (Lipinski definition) is 3. The number of carbonyl (C=O) groups is 3. The Balaban J connectivity index is 1.42. The number of imide groups is 1. The van der Waals surface area contributed by atoms with Gasteiger partial charge >= 0.3 is 6.03 Å². The third kappa shape index (κ3) is 4.11. The molecule has 1 saturated heterocycles. The molecule has 2 aliphatic carbocycles. The SMILES string of the molecule is CC(F)(F)c1ccc(CC(C(=O)NC[C@@]2(C3CC3)NC(=O)NC2=O)C2CC2)cc1. The van der Waals surface area contributed by atoms with Crippen molar-refractivity contribution in [1.29, 1.82) is 0 Å². The molecule has 1 aliphatic heterocycles. The maximum Gasteiger partial charge on any atom is 0.322 e. The Labute approximate surface area is 167 Å². The standard InChI is InChI=1S/C21H25F2N3O3/c1-20(22,23)14-6-2-12(3-7-14)10-16(13-4-5-13)17(27)24-11-21(15-8-9-15)18(28)25-19(29)26-21/h2-3,6-7,13,15-16H,4-5,8-11H2,1H3,(H,24,27)(H2,25,26,28,29)/t16?,21-/m0/s1. The summed E-state index contributed by atoms with van der Waals surface area (Å²) in [6.07, 6.45) is 4.04. The lowest BCUT2D eigenvalue weighted by Crippen LogP contribution is -2.57. The second-order valence-electron chi connectivity index (χ2n) is 8.61. The van der Waals surface area contributed by atoms with Gasteiger partial charge in [-0.05, 0) is 49.5 Å². The van der Waals surface area contributed by atoms with Gasteiger partial charge in [0, 0.05) is 18.4 Å². The molecule has 4 rings (SSSR count). The van der Waals surface area contributed by atoms with Gasteiger partial charge in [-0.25, -0.2) is 13.6 Å². The van der Waals surface area contributed by atoms with Crippen molar-refractivity contribution in [3.63, 3.8) is 0 Å². The van der Waals surface area contributed by atoms with Crippen LogP contribution in [0.2, 0.25) is 0 Å². The number of alkyl halides is 2. The van der Waals surface area contributed by atoms with E-state index in [1.54, 1.807) is 12.1 Å². The first-order valence-corrected chi connectivity index (χ1v) is 10.1. The van der Waals surface area contributed by atoms with Crippen molar-refractivity contribution >= 4 is 17.8 Å². The number of amides is 4. The monoisotopic (exact) mass is 405 g/mol. The van der Waals surface area contributed by atoms with E-state index >= 15 is 0 Å². The molecular formula is C21H25F2N3O3. The summed E-state index contributed by atoms with van der Waals surface area (Å²) in [6, 6.07) is 5.56. The molecular weight excluding hydrogens is 380 g/mol. The van der Waals surface area contributed by atoms with Gasteiger partial charge in [-0.15, -0.1) is 0 Å². The third-order valence-electron chi connectivity index (χ3n) is 6.23. The molecule has 0 radical (unpaired) electrons. The highest BCUT2D eigenvalue weighted by Crippen LogP contribution is 2.42. The van der Waals surface area contributed by atoms with Crippen molar-refractivity contribution in [2.24, 2.45) is 17.8 Å². The van der Waals surface area contributed by atoms with E-state index in [-0.39, 0.29) is 41.7 Å². The zero-order valence-corrected chi connectivity index (χ0v) is 16.3. The fourth-order valence-corrected chi connectivity index (χ4v) is 4.15. The number of benzene rings is 1. The number of rotatable bonds is 8. The predicted molar refractivity (Wildman–Crippen MR) is 101 cm³/mol. The van der Waals surface area contributed by atoms with Crippen LogP contribution in [0.15, 0.2) is 24.3 Å². The molecule has 0 bridgehead atoms. The topological polar surface area (TPSA) is 87.3 Å². The Morgan fingerprint density at radius 2 is 1.86 bits per heavy atom. The lowest BCUT2D eigenvalue weighted by molar-refractivity contribution is -0.127. The molecule has 8 heteroatoms. The molecule has 29 heavy (non-hydrogen) atoms. The zero-order valence-electron chi connectivity index (χ0n) is 16.3. The van der Waals surface area contributed by atoms with Crippen LogP contribution in [0, 0.1) is 17.8 Å². The van der Waals surface area contributed by atoms with Gasteiger partial charge in [-0.3, -0.25) is 14.9 Å². The largest absolute Gasteiger partial charge is 0.353 e. The van der Waals surface area contributed by atoms with E-state index in [1.165, 1.54) is 12.1 Å². The van der Waals surface area contributed by atoms with Gasteiger partial charge in [-0.2, -0.15) is 0 Å². The van der Waals surface area contributed by atoms with Crippen LogP contribution >= 0.6 is 0 Å². The molecule has 4 amide bonds. The van der Waals surface area contributed by atoms with Gasteiger partial charge in [0.2, 0.25) is 5.91 Å². The molecule has 3 fully saturated rings. The molecule has 3 N–H and O–H groups in total. The minimum atomic E-state index is -2.89. The Morgan fingerprint density at radius 3 is 2.34 bits per heavy atom. The minimum Gasteiger partial charge on any atom is -0.353 e. The lowest BCUT2D eigenvalue weighted by atomic mass is 9.90. The fourth-order valence-electron chi connectivity index (χ4n) is 4.15.